The minimum absolute atomic E-state index is 0.406. The van der Waals surface area contributed by atoms with Crippen molar-refractivity contribution in [1.29, 1.82) is 0 Å². The van der Waals surface area contributed by atoms with Crippen LogP contribution in [0, 0.1) is 13.8 Å². The third-order valence-corrected chi connectivity index (χ3v) is 3.99. The smallest absolute Gasteiger partial charge is 0.239 e. The van der Waals surface area contributed by atoms with Crippen LogP contribution in [-0.2, 0) is 0 Å². The zero-order valence-corrected chi connectivity index (χ0v) is 12.1. The van der Waals surface area contributed by atoms with E-state index in [1.807, 2.05) is 11.4 Å². The van der Waals surface area contributed by atoms with Crippen molar-refractivity contribution >= 4 is 39.0 Å². The number of thiophene rings is 1. The number of fused-ring (bicyclic) bond motifs is 1. The lowest BCUT2D eigenvalue weighted by atomic mass is 10.1. The summed E-state index contributed by atoms with van der Waals surface area (Å²) in [4.78, 5) is 8.73. The lowest BCUT2D eigenvalue weighted by Gasteiger charge is -2.11. The molecule has 0 saturated carbocycles. The van der Waals surface area contributed by atoms with Crippen LogP contribution >= 0.6 is 11.3 Å². The highest BCUT2D eigenvalue weighted by Crippen LogP contribution is 2.30. The van der Waals surface area contributed by atoms with Crippen LogP contribution in [0.15, 0.2) is 29.6 Å². The molecule has 1 aromatic carbocycles. The number of nitrogens with zero attached hydrogens (tertiary/aromatic N) is 2. The molecule has 0 bridgehead atoms. The Kier molecular flexibility index (Phi) is 3.25. The van der Waals surface area contributed by atoms with Gasteiger partial charge in [-0.05, 0) is 42.5 Å². The highest BCUT2D eigenvalue weighted by atomic mass is 32.1. The fourth-order valence-corrected chi connectivity index (χ4v) is 2.79. The normalized spacial score (nSPS) is 10.8. The maximum absolute atomic E-state index is 5.43. The number of hydrazine groups is 1. The van der Waals surface area contributed by atoms with Crippen LogP contribution in [0.3, 0.4) is 0 Å². The predicted octanol–water partition coefficient (Wildman–Crippen LogP) is 3.34. The molecule has 4 N–H and O–H groups in total. The summed E-state index contributed by atoms with van der Waals surface area (Å²) in [6, 6.07) is 8.24. The van der Waals surface area contributed by atoms with E-state index >= 15 is 0 Å². The van der Waals surface area contributed by atoms with Crippen LogP contribution in [-0.4, -0.2) is 9.97 Å². The van der Waals surface area contributed by atoms with Crippen molar-refractivity contribution in [3.05, 3.63) is 40.8 Å². The van der Waals surface area contributed by atoms with Gasteiger partial charge in [0.25, 0.3) is 0 Å². The second kappa shape index (κ2) is 5.07. The van der Waals surface area contributed by atoms with Crippen molar-refractivity contribution < 1.29 is 0 Å². The number of aromatic nitrogens is 2. The van der Waals surface area contributed by atoms with Gasteiger partial charge in [-0.1, -0.05) is 12.1 Å². The number of nitrogen functional groups attached to an aromatic ring is 1. The lowest BCUT2D eigenvalue weighted by Crippen LogP contribution is -2.11. The number of aryl methyl sites for hydroxylation is 2. The Morgan fingerprint density at radius 2 is 2.00 bits per heavy atom. The van der Waals surface area contributed by atoms with Crippen molar-refractivity contribution in [2.45, 2.75) is 13.8 Å². The summed E-state index contributed by atoms with van der Waals surface area (Å²) in [5.74, 6) is 6.60. The van der Waals surface area contributed by atoms with Crippen molar-refractivity contribution in [2.75, 3.05) is 10.7 Å². The molecule has 0 aliphatic heterocycles. The van der Waals surface area contributed by atoms with Gasteiger partial charge in [0.05, 0.1) is 10.2 Å². The summed E-state index contributed by atoms with van der Waals surface area (Å²) < 4.78 is 1.02. The molecule has 0 aliphatic carbocycles. The number of rotatable bonds is 3. The molecule has 0 spiro atoms. The highest BCUT2D eigenvalue weighted by molar-refractivity contribution is 7.17. The van der Waals surface area contributed by atoms with Crippen LogP contribution in [0.1, 0.15) is 11.1 Å². The monoisotopic (exact) mass is 285 g/mol. The Labute approximate surface area is 120 Å². The first-order valence-electron chi connectivity index (χ1n) is 6.23. The highest BCUT2D eigenvalue weighted by Gasteiger charge is 2.10. The fourth-order valence-electron chi connectivity index (χ4n) is 2.01. The predicted molar refractivity (Wildman–Crippen MR) is 84.4 cm³/mol. The molecule has 0 unspecified atom stereocenters. The van der Waals surface area contributed by atoms with E-state index in [2.05, 4.69) is 52.8 Å². The minimum Gasteiger partial charge on any atom is -0.339 e. The van der Waals surface area contributed by atoms with Crippen molar-refractivity contribution in [1.82, 2.24) is 9.97 Å². The molecule has 0 radical (unpaired) electrons. The molecular formula is C14H15N5S. The molecular weight excluding hydrogens is 270 g/mol. The second-order valence-electron chi connectivity index (χ2n) is 4.62. The number of nitrogens with two attached hydrogens (primary N) is 1. The molecule has 0 amide bonds. The van der Waals surface area contributed by atoms with Gasteiger partial charge in [-0.2, -0.15) is 4.98 Å². The Balaban J connectivity index is 2.09. The van der Waals surface area contributed by atoms with E-state index < -0.39 is 0 Å². The van der Waals surface area contributed by atoms with E-state index in [0.717, 1.165) is 21.7 Å². The summed E-state index contributed by atoms with van der Waals surface area (Å²) in [6.07, 6.45) is 0. The molecule has 3 rings (SSSR count). The molecule has 5 nitrogen and oxygen atoms in total. The standard InChI is InChI=1S/C14H15N5S/c1-8-3-4-9(2)11(7-8)16-13-12-10(5-6-20-12)17-14(18-13)19-15/h3-7H,15H2,1-2H3,(H2,16,17,18,19). The van der Waals surface area contributed by atoms with Gasteiger partial charge in [0.1, 0.15) is 0 Å². The van der Waals surface area contributed by atoms with Crippen LogP contribution < -0.4 is 16.6 Å². The van der Waals surface area contributed by atoms with E-state index in [4.69, 9.17) is 5.84 Å². The number of hydrogen-bond acceptors (Lipinski definition) is 6. The molecule has 2 aromatic heterocycles. The SMILES string of the molecule is Cc1ccc(C)c(Nc2nc(NN)nc3ccsc23)c1. The van der Waals surface area contributed by atoms with Crippen LogP contribution in [0.4, 0.5) is 17.5 Å². The average molecular weight is 285 g/mol. The summed E-state index contributed by atoms with van der Waals surface area (Å²) >= 11 is 1.61. The van der Waals surface area contributed by atoms with Gasteiger partial charge in [-0.25, -0.2) is 10.8 Å². The fraction of sp³-hybridized carbons (Fsp3) is 0.143. The van der Waals surface area contributed by atoms with Crippen LogP contribution in [0.25, 0.3) is 10.2 Å². The zero-order valence-electron chi connectivity index (χ0n) is 11.3. The van der Waals surface area contributed by atoms with Crippen molar-refractivity contribution in [2.24, 2.45) is 5.84 Å². The maximum atomic E-state index is 5.43. The molecule has 102 valence electrons. The third-order valence-electron chi connectivity index (χ3n) is 3.08. The summed E-state index contributed by atoms with van der Waals surface area (Å²) in [5.41, 5.74) is 6.80. The van der Waals surface area contributed by atoms with Gasteiger partial charge >= 0.3 is 0 Å². The first-order chi connectivity index (χ1) is 9.67. The van der Waals surface area contributed by atoms with Gasteiger partial charge in [0, 0.05) is 5.69 Å². The van der Waals surface area contributed by atoms with E-state index in [1.165, 1.54) is 11.1 Å². The molecule has 20 heavy (non-hydrogen) atoms. The zero-order chi connectivity index (χ0) is 14.1. The van der Waals surface area contributed by atoms with Crippen LogP contribution in [0.2, 0.25) is 0 Å². The first-order valence-corrected chi connectivity index (χ1v) is 7.11. The van der Waals surface area contributed by atoms with Gasteiger partial charge in [-0.15, -0.1) is 11.3 Å². The molecule has 0 saturated heterocycles. The van der Waals surface area contributed by atoms with Gasteiger partial charge in [0.2, 0.25) is 5.95 Å². The topological polar surface area (TPSA) is 75.9 Å². The van der Waals surface area contributed by atoms with E-state index in [9.17, 15) is 0 Å². The second-order valence-corrected chi connectivity index (χ2v) is 5.53. The Bertz CT molecular complexity index is 765. The number of nitrogens with one attached hydrogen (secondary N) is 2. The Morgan fingerprint density at radius 3 is 2.80 bits per heavy atom. The van der Waals surface area contributed by atoms with Crippen molar-refractivity contribution in [3.63, 3.8) is 0 Å². The average Bonchev–Trinajstić information content (AvgIpc) is 2.91. The summed E-state index contributed by atoms with van der Waals surface area (Å²) in [5, 5.41) is 5.37. The van der Waals surface area contributed by atoms with Gasteiger partial charge < -0.3 is 5.32 Å². The Morgan fingerprint density at radius 1 is 1.15 bits per heavy atom. The molecule has 3 aromatic rings. The number of hydrogen-bond donors (Lipinski definition) is 3. The molecule has 0 fully saturated rings. The van der Waals surface area contributed by atoms with Gasteiger partial charge in [-0.3, -0.25) is 5.43 Å². The minimum atomic E-state index is 0.406. The van der Waals surface area contributed by atoms with E-state index in [1.54, 1.807) is 11.3 Å². The number of anilines is 3. The summed E-state index contributed by atoms with van der Waals surface area (Å²) in [6.45, 7) is 4.13. The van der Waals surface area contributed by atoms with E-state index in [-0.39, 0.29) is 0 Å². The summed E-state index contributed by atoms with van der Waals surface area (Å²) in [7, 11) is 0. The molecule has 2 heterocycles. The van der Waals surface area contributed by atoms with E-state index in [0.29, 0.717) is 5.95 Å². The quantitative estimate of drug-likeness (QED) is 0.508. The third kappa shape index (κ3) is 2.31. The first kappa shape index (κ1) is 12.8. The van der Waals surface area contributed by atoms with Gasteiger partial charge in [0.15, 0.2) is 5.82 Å². The van der Waals surface area contributed by atoms with Crippen molar-refractivity contribution in [3.8, 4) is 0 Å². The molecule has 0 atom stereocenters. The Hall–Kier alpha value is -2.18. The van der Waals surface area contributed by atoms with Crippen LogP contribution in [0.5, 0.6) is 0 Å². The number of benzene rings is 1. The maximum Gasteiger partial charge on any atom is 0.239 e. The molecule has 6 heteroatoms. The molecule has 0 aliphatic rings. The largest absolute Gasteiger partial charge is 0.339 e. The lowest BCUT2D eigenvalue weighted by molar-refractivity contribution is 1.15.